The van der Waals surface area contributed by atoms with Gasteiger partial charge in [0.2, 0.25) is 21.9 Å². The number of nitrogens with one attached hydrogen (secondary N) is 1. The van der Waals surface area contributed by atoms with Gasteiger partial charge in [0.25, 0.3) is 6.43 Å². The molecule has 0 radical (unpaired) electrons. The number of hydrogen-bond donors (Lipinski definition) is 1. The summed E-state index contributed by atoms with van der Waals surface area (Å²) >= 11 is 0. The molecule has 2 fully saturated rings. The third-order valence-corrected chi connectivity index (χ3v) is 6.61. The molecule has 1 atom stereocenters. The lowest BCUT2D eigenvalue weighted by molar-refractivity contribution is 0.122. The third-order valence-electron chi connectivity index (χ3n) is 6.05. The number of benzene rings is 1. The van der Waals surface area contributed by atoms with E-state index in [9.17, 15) is 17.2 Å². The maximum atomic E-state index is 14.2. The van der Waals surface area contributed by atoms with Crippen LogP contribution in [0.15, 0.2) is 18.2 Å². The molecule has 0 aliphatic carbocycles. The summed E-state index contributed by atoms with van der Waals surface area (Å²) in [6.07, 6.45) is -0.562. The summed E-state index contributed by atoms with van der Waals surface area (Å²) in [5, 5.41) is 1.56. The molecule has 2 aliphatic heterocycles. The van der Waals surface area contributed by atoms with E-state index in [0.717, 1.165) is 6.26 Å². The van der Waals surface area contributed by atoms with Crippen molar-refractivity contribution in [1.29, 1.82) is 0 Å². The Labute approximate surface area is 206 Å². The molecule has 1 aromatic carbocycles. The molecule has 36 heavy (non-hydrogen) atoms. The van der Waals surface area contributed by atoms with Crippen molar-refractivity contribution in [2.45, 2.75) is 25.3 Å². The largest absolute Gasteiger partial charge is 0.494 e. The summed E-state index contributed by atoms with van der Waals surface area (Å²) in [4.78, 5) is 22.3. The molecule has 0 spiro atoms. The lowest BCUT2D eigenvalue weighted by atomic mass is 10.2. The highest BCUT2D eigenvalue weighted by molar-refractivity contribution is 7.88. The average molecular weight is 525 g/mol. The van der Waals surface area contributed by atoms with Gasteiger partial charge in [-0.1, -0.05) is 6.07 Å². The third kappa shape index (κ3) is 4.83. The first-order valence-corrected chi connectivity index (χ1v) is 13.3. The SMILES string of the molecule is COc1cccc2c1nc(C(F)F)n2-c1nc([C@H]2CCCN2NS(C)(=O)=O)nc(N2CCOCC2)n1. The van der Waals surface area contributed by atoms with E-state index in [-0.39, 0.29) is 17.3 Å². The van der Waals surface area contributed by atoms with Crippen LogP contribution in [-0.2, 0) is 14.8 Å². The number of sulfonamides is 1. The number of anilines is 1. The molecule has 0 amide bonds. The van der Waals surface area contributed by atoms with Crippen molar-refractivity contribution in [3.05, 3.63) is 29.8 Å². The summed E-state index contributed by atoms with van der Waals surface area (Å²) in [6.45, 7) is 2.42. The van der Waals surface area contributed by atoms with Gasteiger partial charge in [-0.2, -0.15) is 15.0 Å². The van der Waals surface area contributed by atoms with Gasteiger partial charge < -0.3 is 14.4 Å². The van der Waals surface area contributed by atoms with Crippen molar-refractivity contribution < 1.29 is 26.7 Å². The molecule has 15 heteroatoms. The number of nitrogens with zero attached hydrogens (tertiary/aromatic N) is 7. The fourth-order valence-electron chi connectivity index (χ4n) is 4.49. The molecule has 0 unspecified atom stereocenters. The Kier molecular flexibility index (Phi) is 6.72. The number of methoxy groups -OCH3 is 1. The molecule has 4 heterocycles. The van der Waals surface area contributed by atoms with Crippen LogP contribution >= 0.6 is 0 Å². The summed E-state index contributed by atoms with van der Waals surface area (Å²) in [6, 6.07) is 4.46. The van der Waals surface area contributed by atoms with E-state index in [1.165, 1.54) is 11.7 Å². The Morgan fingerprint density at radius 2 is 1.86 bits per heavy atom. The van der Waals surface area contributed by atoms with E-state index in [2.05, 4.69) is 24.8 Å². The van der Waals surface area contributed by atoms with Gasteiger partial charge in [0.15, 0.2) is 11.6 Å². The number of fused-ring (bicyclic) bond motifs is 1. The van der Waals surface area contributed by atoms with Crippen molar-refractivity contribution in [1.82, 2.24) is 34.3 Å². The smallest absolute Gasteiger partial charge is 0.296 e. The predicted octanol–water partition coefficient (Wildman–Crippen LogP) is 1.59. The van der Waals surface area contributed by atoms with Gasteiger partial charge >= 0.3 is 0 Å². The molecule has 2 aromatic heterocycles. The number of hydrazine groups is 1. The van der Waals surface area contributed by atoms with Gasteiger partial charge in [-0.15, -0.1) is 4.83 Å². The first-order chi connectivity index (χ1) is 17.2. The van der Waals surface area contributed by atoms with Crippen LogP contribution in [0.3, 0.4) is 0 Å². The van der Waals surface area contributed by atoms with Crippen molar-refractivity contribution in [3.63, 3.8) is 0 Å². The Bertz CT molecular complexity index is 1360. The minimum absolute atomic E-state index is 0.0289. The predicted molar refractivity (Wildman–Crippen MR) is 126 cm³/mol. The number of rotatable bonds is 7. The lowest BCUT2D eigenvalue weighted by Crippen LogP contribution is -2.42. The summed E-state index contributed by atoms with van der Waals surface area (Å²) in [5.41, 5.74) is 0.610. The second kappa shape index (κ2) is 9.80. The van der Waals surface area contributed by atoms with Gasteiger partial charge in [0, 0.05) is 19.6 Å². The van der Waals surface area contributed by atoms with E-state index < -0.39 is 28.3 Å². The molecule has 194 valence electrons. The van der Waals surface area contributed by atoms with Crippen molar-refractivity contribution in [3.8, 4) is 11.7 Å². The number of hydrogen-bond acceptors (Lipinski definition) is 10. The number of imidazole rings is 1. The Balaban J connectivity index is 1.69. The maximum absolute atomic E-state index is 14.2. The zero-order valence-corrected chi connectivity index (χ0v) is 20.6. The molecule has 3 aromatic rings. The minimum atomic E-state index is -3.54. The highest BCUT2D eigenvalue weighted by Crippen LogP contribution is 2.34. The number of morpholine rings is 1. The van der Waals surface area contributed by atoms with Crippen LogP contribution in [0, 0.1) is 0 Å². The average Bonchev–Trinajstić information content (AvgIpc) is 3.47. The minimum Gasteiger partial charge on any atom is -0.494 e. The van der Waals surface area contributed by atoms with E-state index in [0.29, 0.717) is 62.9 Å². The van der Waals surface area contributed by atoms with Crippen LogP contribution in [0.4, 0.5) is 14.7 Å². The second-order valence-electron chi connectivity index (χ2n) is 8.54. The normalized spacial score (nSPS) is 19.5. The lowest BCUT2D eigenvalue weighted by Gasteiger charge is -2.28. The van der Waals surface area contributed by atoms with Crippen LogP contribution in [-0.4, -0.2) is 84.1 Å². The number of ether oxygens (including phenoxy) is 2. The highest BCUT2D eigenvalue weighted by atomic mass is 32.2. The molecule has 0 bridgehead atoms. The van der Waals surface area contributed by atoms with Crippen molar-refractivity contribution in [2.24, 2.45) is 0 Å². The molecule has 0 saturated carbocycles. The molecule has 2 saturated heterocycles. The molecule has 1 N–H and O–H groups in total. The van der Waals surface area contributed by atoms with E-state index in [1.807, 2.05) is 4.90 Å². The van der Waals surface area contributed by atoms with Gasteiger partial charge in [0.1, 0.15) is 11.3 Å². The van der Waals surface area contributed by atoms with Crippen LogP contribution in [0.1, 0.15) is 37.0 Å². The van der Waals surface area contributed by atoms with Crippen molar-refractivity contribution >= 4 is 27.0 Å². The number of para-hydroxylation sites is 1. The summed E-state index contributed by atoms with van der Waals surface area (Å²) < 4.78 is 64.2. The topological polar surface area (TPSA) is 128 Å². The standard InChI is InChI=1S/C21H26F2N8O4S/c1-34-15-7-3-5-13-16(15)24-19(17(22)23)31(13)21-26-18(14-6-4-8-30(14)28-36(2,32)33)25-20(27-21)29-9-11-35-12-10-29/h3,5,7,14,17,28H,4,6,8-12H2,1-2H3/t14-/m1/s1. The number of halogens is 2. The monoisotopic (exact) mass is 524 g/mol. The fourth-order valence-corrected chi connectivity index (χ4v) is 5.14. The van der Waals surface area contributed by atoms with Gasteiger partial charge in [-0.25, -0.2) is 27.2 Å². The Morgan fingerprint density at radius 3 is 2.56 bits per heavy atom. The quantitative estimate of drug-likeness (QED) is 0.487. The summed E-state index contributed by atoms with van der Waals surface area (Å²) in [7, 11) is -2.10. The van der Waals surface area contributed by atoms with Crippen LogP contribution in [0.5, 0.6) is 5.75 Å². The van der Waals surface area contributed by atoms with Crippen molar-refractivity contribution in [2.75, 3.05) is 51.1 Å². The van der Waals surface area contributed by atoms with Gasteiger partial charge in [-0.05, 0) is 25.0 Å². The Hall–Kier alpha value is -3.01. The van der Waals surface area contributed by atoms with Crippen LogP contribution in [0.2, 0.25) is 0 Å². The molecule has 12 nitrogen and oxygen atoms in total. The van der Waals surface area contributed by atoms with Gasteiger partial charge in [-0.3, -0.25) is 4.57 Å². The second-order valence-corrected chi connectivity index (χ2v) is 10.3. The van der Waals surface area contributed by atoms with Crippen LogP contribution < -0.4 is 14.5 Å². The van der Waals surface area contributed by atoms with E-state index in [1.54, 1.807) is 23.2 Å². The highest BCUT2D eigenvalue weighted by Gasteiger charge is 2.33. The first kappa shape index (κ1) is 24.7. The molecule has 2 aliphatic rings. The van der Waals surface area contributed by atoms with Gasteiger partial charge in [0.05, 0.1) is 38.1 Å². The molecular weight excluding hydrogens is 498 g/mol. The zero-order chi connectivity index (χ0) is 25.4. The zero-order valence-electron chi connectivity index (χ0n) is 19.8. The maximum Gasteiger partial charge on any atom is 0.296 e. The summed E-state index contributed by atoms with van der Waals surface area (Å²) in [5.74, 6) is 0.362. The fraction of sp³-hybridized carbons (Fsp3) is 0.524. The van der Waals surface area contributed by atoms with E-state index in [4.69, 9.17) is 9.47 Å². The van der Waals surface area contributed by atoms with E-state index >= 15 is 0 Å². The number of aromatic nitrogens is 5. The number of alkyl halides is 2. The molecular formula is C21H26F2N8O4S. The molecule has 5 rings (SSSR count). The Morgan fingerprint density at radius 1 is 1.11 bits per heavy atom. The van der Waals surface area contributed by atoms with Crippen LogP contribution in [0.25, 0.3) is 17.0 Å². The first-order valence-electron chi connectivity index (χ1n) is 11.4.